The minimum Gasteiger partial charge on any atom is -0.454 e. The van der Waals surface area contributed by atoms with Crippen LogP contribution in [-0.2, 0) is 24.3 Å². The van der Waals surface area contributed by atoms with Crippen molar-refractivity contribution in [2.45, 2.75) is 37.3 Å². The first-order valence-electron chi connectivity index (χ1n) is 10.9. The summed E-state index contributed by atoms with van der Waals surface area (Å²) in [7, 11) is -4.04. The Morgan fingerprint density at radius 2 is 1.79 bits per heavy atom. The second kappa shape index (κ2) is 9.54. The zero-order valence-corrected chi connectivity index (χ0v) is 19.7. The van der Waals surface area contributed by atoms with E-state index < -0.39 is 40.7 Å². The Bertz CT molecular complexity index is 1350. The number of ether oxygens (including phenoxy) is 1. The topological polar surface area (TPSA) is 113 Å². The molecule has 2 unspecified atom stereocenters. The summed E-state index contributed by atoms with van der Waals surface area (Å²) in [4.78, 5) is 25.2. The third-order valence-electron chi connectivity index (χ3n) is 6.00. The largest absolute Gasteiger partial charge is 0.454 e. The number of esters is 1. The van der Waals surface area contributed by atoms with Gasteiger partial charge < -0.3 is 15.2 Å². The summed E-state index contributed by atoms with van der Waals surface area (Å²) in [6.07, 6.45) is -1.11. The molecule has 3 aromatic carbocycles. The number of aliphatic hydroxyl groups excluding tert-OH is 1. The molecule has 1 amide bonds. The molecule has 0 radical (unpaired) electrons. The van der Waals surface area contributed by atoms with Crippen molar-refractivity contribution in [2.24, 2.45) is 0 Å². The summed E-state index contributed by atoms with van der Waals surface area (Å²) < 4.78 is 32.5. The number of aryl methyl sites for hydroxylation is 2. The molecule has 4 rings (SSSR count). The fourth-order valence-electron chi connectivity index (χ4n) is 4.03. The van der Waals surface area contributed by atoms with Gasteiger partial charge in [-0.15, -0.1) is 0 Å². The first-order chi connectivity index (χ1) is 16.2. The van der Waals surface area contributed by atoms with Gasteiger partial charge in [0.15, 0.2) is 6.61 Å². The standard InChI is InChI=1S/C25H26N2O6S/c1-16-10-11-20(12-17(16)2)34(31,32)27-14-19(28)13-23(27)25(30)33-15-24(29)26-22-9-5-7-18-6-3-4-8-21(18)22/h3-12,19,23,28H,13-15H2,1-2H3,(H,26,29). The highest BCUT2D eigenvalue weighted by atomic mass is 32.2. The Morgan fingerprint density at radius 1 is 1.06 bits per heavy atom. The Balaban J connectivity index is 1.45. The summed E-state index contributed by atoms with van der Waals surface area (Å²) in [5.41, 5.74) is 2.31. The van der Waals surface area contributed by atoms with Gasteiger partial charge in [0.25, 0.3) is 5.91 Å². The van der Waals surface area contributed by atoms with Crippen LogP contribution in [0.1, 0.15) is 17.5 Å². The molecule has 9 heteroatoms. The van der Waals surface area contributed by atoms with Gasteiger partial charge in [-0.3, -0.25) is 9.59 Å². The number of carbonyl (C=O) groups excluding carboxylic acids is 2. The van der Waals surface area contributed by atoms with Crippen molar-refractivity contribution in [1.29, 1.82) is 0 Å². The Labute approximate surface area is 198 Å². The number of nitrogens with zero attached hydrogens (tertiary/aromatic N) is 1. The number of fused-ring (bicyclic) bond motifs is 1. The molecule has 0 spiro atoms. The minimum absolute atomic E-state index is 0.0381. The van der Waals surface area contributed by atoms with Crippen LogP contribution >= 0.6 is 0 Å². The van der Waals surface area contributed by atoms with Crippen molar-refractivity contribution in [3.05, 3.63) is 71.8 Å². The molecule has 3 aromatic rings. The molecular formula is C25H26N2O6S. The average molecular weight is 483 g/mol. The molecule has 1 heterocycles. The maximum Gasteiger partial charge on any atom is 0.325 e. The van der Waals surface area contributed by atoms with Gasteiger partial charge in [-0.1, -0.05) is 42.5 Å². The number of nitrogens with one attached hydrogen (secondary N) is 1. The van der Waals surface area contributed by atoms with Crippen molar-refractivity contribution in [3.8, 4) is 0 Å². The van der Waals surface area contributed by atoms with E-state index in [0.29, 0.717) is 5.69 Å². The number of β-amino-alcohol motifs (C(OH)–C–C–N with tert-alkyl or cyclic N) is 1. The molecule has 2 N–H and O–H groups in total. The zero-order valence-electron chi connectivity index (χ0n) is 18.9. The van der Waals surface area contributed by atoms with E-state index in [1.165, 1.54) is 12.1 Å². The van der Waals surface area contributed by atoms with Crippen molar-refractivity contribution in [3.63, 3.8) is 0 Å². The fourth-order valence-corrected chi connectivity index (χ4v) is 5.74. The van der Waals surface area contributed by atoms with Gasteiger partial charge in [0.2, 0.25) is 10.0 Å². The number of amides is 1. The average Bonchev–Trinajstić information content (AvgIpc) is 3.22. The summed E-state index contributed by atoms with van der Waals surface area (Å²) in [6.45, 7) is 2.87. The number of aliphatic hydroxyl groups is 1. The molecule has 8 nitrogen and oxygen atoms in total. The van der Waals surface area contributed by atoms with Gasteiger partial charge >= 0.3 is 5.97 Å². The molecule has 34 heavy (non-hydrogen) atoms. The lowest BCUT2D eigenvalue weighted by Gasteiger charge is -2.22. The van der Waals surface area contributed by atoms with Crippen LogP contribution in [0.3, 0.4) is 0 Å². The lowest BCUT2D eigenvalue weighted by molar-refractivity contribution is -0.150. The van der Waals surface area contributed by atoms with Gasteiger partial charge in [-0.05, 0) is 48.6 Å². The number of anilines is 1. The smallest absolute Gasteiger partial charge is 0.325 e. The molecule has 1 aliphatic rings. The highest BCUT2D eigenvalue weighted by Gasteiger charge is 2.44. The van der Waals surface area contributed by atoms with E-state index in [4.69, 9.17) is 4.74 Å². The van der Waals surface area contributed by atoms with Crippen LogP contribution in [0.25, 0.3) is 10.8 Å². The van der Waals surface area contributed by atoms with E-state index in [1.807, 2.05) is 37.3 Å². The maximum atomic E-state index is 13.2. The molecule has 2 atom stereocenters. The zero-order chi connectivity index (χ0) is 24.5. The quantitative estimate of drug-likeness (QED) is 0.523. The van der Waals surface area contributed by atoms with Crippen molar-refractivity contribution < 1.29 is 27.9 Å². The van der Waals surface area contributed by atoms with Crippen LogP contribution in [0.15, 0.2) is 65.6 Å². The number of benzene rings is 3. The highest BCUT2D eigenvalue weighted by Crippen LogP contribution is 2.28. The van der Waals surface area contributed by atoms with E-state index >= 15 is 0 Å². The van der Waals surface area contributed by atoms with Crippen LogP contribution < -0.4 is 5.32 Å². The first kappa shape index (κ1) is 23.9. The van der Waals surface area contributed by atoms with Crippen molar-refractivity contribution in [2.75, 3.05) is 18.5 Å². The number of sulfonamides is 1. The molecule has 0 bridgehead atoms. The molecule has 0 aromatic heterocycles. The van der Waals surface area contributed by atoms with E-state index in [-0.39, 0.29) is 17.9 Å². The van der Waals surface area contributed by atoms with Crippen LogP contribution in [-0.4, -0.2) is 55.0 Å². The normalized spacial score (nSPS) is 18.7. The van der Waals surface area contributed by atoms with Crippen LogP contribution in [0.4, 0.5) is 5.69 Å². The molecule has 0 aliphatic carbocycles. The first-order valence-corrected chi connectivity index (χ1v) is 12.3. The number of rotatable bonds is 6. The summed E-state index contributed by atoms with van der Waals surface area (Å²) >= 11 is 0. The Morgan fingerprint density at radius 3 is 2.56 bits per heavy atom. The van der Waals surface area contributed by atoms with Crippen molar-refractivity contribution >= 4 is 38.4 Å². The van der Waals surface area contributed by atoms with Gasteiger partial charge in [-0.2, -0.15) is 4.31 Å². The fraction of sp³-hybridized carbons (Fsp3) is 0.280. The van der Waals surface area contributed by atoms with Gasteiger partial charge in [0.05, 0.1) is 11.0 Å². The van der Waals surface area contributed by atoms with E-state index in [0.717, 1.165) is 26.2 Å². The van der Waals surface area contributed by atoms with Crippen LogP contribution in [0, 0.1) is 13.8 Å². The van der Waals surface area contributed by atoms with E-state index in [2.05, 4.69) is 5.32 Å². The Hall–Kier alpha value is -3.27. The van der Waals surface area contributed by atoms with Gasteiger partial charge in [0, 0.05) is 24.0 Å². The molecule has 0 saturated carbocycles. The predicted octanol–water partition coefficient (Wildman–Crippen LogP) is 2.76. The van der Waals surface area contributed by atoms with Crippen LogP contribution in [0.5, 0.6) is 0 Å². The minimum atomic E-state index is -4.04. The SMILES string of the molecule is Cc1ccc(S(=O)(=O)N2CC(O)CC2C(=O)OCC(=O)Nc2cccc3ccccc23)cc1C. The summed E-state index contributed by atoms with van der Waals surface area (Å²) in [5, 5.41) is 14.6. The second-order valence-corrected chi connectivity index (χ2v) is 10.3. The third-order valence-corrected chi connectivity index (χ3v) is 7.87. The molecule has 1 fully saturated rings. The number of hydrogen-bond acceptors (Lipinski definition) is 6. The summed E-state index contributed by atoms with van der Waals surface area (Å²) in [6, 6.07) is 16.5. The molecular weight excluding hydrogens is 456 g/mol. The lowest BCUT2D eigenvalue weighted by Crippen LogP contribution is -2.42. The highest BCUT2D eigenvalue weighted by molar-refractivity contribution is 7.89. The second-order valence-electron chi connectivity index (χ2n) is 8.41. The van der Waals surface area contributed by atoms with Crippen LogP contribution in [0.2, 0.25) is 0 Å². The van der Waals surface area contributed by atoms with Gasteiger partial charge in [0.1, 0.15) is 6.04 Å². The maximum absolute atomic E-state index is 13.2. The lowest BCUT2D eigenvalue weighted by atomic mass is 10.1. The number of hydrogen-bond donors (Lipinski definition) is 2. The van der Waals surface area contributed by atoms with E-state index in [1.54, 1.807) is 25.1 Å². The van der Waals surface area contributed by atoms with Crippen molar-refractivity contribution in [1.82, 2.24) is 4.31 Å². The third kappa shape index (κ3) is 4.82. The monoisotopic (exact) mass is 482 g/mol. The van der Waals surface area contributed by atoms with Gasteiger partial charge in [-0.25, -0.2) is 8.42 Å². The van der Waals surface area contributed by atoms with E-state index in [9.17, 15) is 23.1 Å². The predicted molar refractivity (Wildman–Crippen MR) is 128 cm³/mol. The Kier molecular flexibility index (Phi) is 6.70. The molecule has 178 valence electrons. The molecule has 1 aliphatic heterocycles. The summed E-state index contributed by atoms with van der Waals surface area (Å²) in [5.74, 6) is -1.43. The molecule has 1 saturated heterocycles. The number of carbonyl (C=O) groups is 2.